The van der Waals surface area contributed by atoms with Crippen molar-refractivity contribution in [1.82, 2.24) is 9.61 Å². The Labute approximate surface area is 144 Å². The van der Waals surface area contributed by atoms with Gasteiger partial charge in [-0.1, -0.05) is 0 Å². The third-order valence-corrected chi connectivity index (χ3v) is 4.84. The van der Waals surface area contributed by atoms with Crippen LogP contribution < -0.4 is 10.2 Å². The summed E-state index contributed by atoms with van der Waals surface area (Å²) < 4.78 is 25.6. The number of rotatable bonds is 4. The number of aromatic nitrogens is 2. The van der Waals surface area contributed by atoms with Gasteiger partial charge in [0.05, 0.1) is 11.2 Å². The molecule has 23 heavy (non-hydrogen) atoms. The molecule has 124 valence electrons. The van der Waals surface area contributed by atoms with Gasteiger partial charge in [0, 0.05) is 29.4 Å². The van der Waals surface area contributed by atoms with Crippen LogP contribution in [-0.2, 0) is 14.0 Å². The Morgan fingerprint density at radius 1 is 1.26 bits per heavy atom. The number of ether oxygens (including phenoxy) is 2. The van der Waals surface area contributed by atoms with Gasteiger partial charge in [0.15, 0.2) is 6.79 Å². The fourth-order valence-electron chi connectivity index (χ4n) is 2.45. The second-order valence-electron chi connectivity index (χ2n) is 6.55. The lowest BCUT2D eigenvalue weighted by Crippen LogP contribution is -2.41. The minimum absolute atomic E-state index is 0.153. The summed E-state index contributed by atoms with van der Waals surface area (Å²) in [4.78, 5) is 0. The highest BCUT2D eigenvalue weighted by atomic mass is 79.9. The molecule has 3 heterocycles. The van der Waals surface area contributed by atoms with Gasteiger partial charge in [-0.2, -0.15) is 5.10 Å². The zero-order chi connectivity index (χ0) is 16.8. The van der Waals surface area contributed by atoms with Gasteiger partial charge >= 0.3 is 7.12 Å². The summed E-state index contributed by atoms with van der Waals surface area (Å²) in [5.41, 5.74) is 0.829. The Bertz CT molecular complexity index is 716. The summed E-state index contributed by atoms with van der Waals surface area (Å²) in [7, 11) is 1.09. The van der Waals surface area contributed by atoms with Gasteiger partial charge in [0.2, 0.25) is 0 Å². The second-order valence-corrected chi connectivity index (χ2v) is 7.47. The van der Waals surface area contributed by atoms with Crippen molar-refractivity contribution in [3.8, 4) is 5.75 Å². The summed E-state index contributed by atoms with van der Waals surface area (Å²) >= 11 is 3.46. The van der Waals surface area contributed by atoms with Gasteiger partial charge in [-0.15, -0.1) is 0 Å². The Morgan fingerprint density at radius 2 is 1.91 bits per heavy atom. The lowest BCUT2D eigenvalue weighted by atomic mass is 9.80. The smallest absolute Gasteiger partial charge is 0.465 e. The monoisotopic (exact) mass is 382 g/mol. The van der Waals surface area contributed by atoms with E-state index >= 15 is 0 Å². The molecule has 0 unspecified atom stereocenters. The lowest BCUT2D eigenvalue weighted by Gasteiger charge is -2.32. The van der Waals surface area contributed by atoms with E-state index in [0.29, 0.717) is 5.75 Å². The molecule has 0 spiro atoms. The highest BCUT2D eigenvalue weighted by Crippen LogP contribution is 2.37. The van der Waals surface area contributed by atoms with Gasteiger partial charge in [-0.25, -0.2) is 4.52 Å². The molecule has 8 heteroatoms. The number of pyridine rings is 1. The van der Waals surface area contributed by atoms with Crippen molar-refractivity contribution in [2.75, 3.05) is 13.9 Å². The van der Waals surface area contributed by atoms with Crippen LogP contribution >= 0.6 is 15.9 Å². The van der Waals surface area contributed by atoms with Gasteiger partial charge in [0.1, 0.15) is 11.3 Å². The van der Waals surface area contributed by atoms with Gasteiger partial charge in [0.25, 0.3) is 0 Å². The topological polar surface area (TPSA) is 54.2 Å². The molecule has 2 aromatic rings. The first-order valence-corrected chi connectivity index (χ1v) is 8.18. The van der Waals surface area contributed by atoms with E-state index in [4.69, 9.17) is 18.8 Å². The van der Waals surface area contributed by atoms with Crippen LogP contribution in [0.5, 0.6) is 5.75 Å². The van der Waals surface area contributed by atoms with Gasteiger partial charge < -0.3 is 18.8 Å². The Balaban J connectivity index is 2.06. The van der Waals surface area contributed by atoms with E-state index in [1.54, 1.807) is 17.8 Å². The predicted octanol–water partition coefficient (Wildman–Crippen LogP) is 2.38. The highest BCUT2D eigenvalue weighted by Gasteiger charge is 2.52. The van der Waals surface area contributed by atoms with Gasteiger partial charge in [-0.3, -0.25) is 0 Å². The SMILES string of the molecule is COCOc1cc(Br)cn2ncc(B3OC(C)(C)C(C)(C)O3)c12. The third-order valence-electron chi connectivity index (χ3n) is 4.41. The molecule has 0 aliphatic carbocycles. The van der Waals surface area contributed by atoms with Crippen molar-refractivity contribution in [2.24, 2.45) is 0 Å². The first-order chi connectivity index (χ1) is 10.7. The molecule has 0 radical (unpaired) electrons. The van der Waals surface area contributed by atoms with E-state index in [1.165, 1.54) is 0 Å². The number of hydrogen-bond donors (Lipinski definition) is 0. The van der Waals surface area contributed by atoms with Crippen LogP contribution in [-0.4, -0.2) is 41.8 Å². The Hall–Kier alpha value is -1.09. The fraction of sp³-hybridized carbons (Fsp3) is 0.533. The van der Waals surface area contributed by atoms with Crippen LogP contribution in [0.25, 0.3) is 5.52 Å². The number of hydrogen-bond acceptors (Lipinski definition) is 5. The van der Waals surface area contributed by atoms with E-state index in [1.807, 2.05) is 40.0 Å². The Morgan fingerprint density at radius 3 is 2.52 bits per heavy atom. The van der Waals surface area contributed by atoms with Crippen LogP contribution in [0.1, 0.15) is 27.7 Å². The average molecular weight is 383 g/mol. The van der Waals surface area contributed by atoms with Crippen LogP contribution in [0.3, 0.4) is 0 Å². The summed E-state index contributed by atoms with van der Waals surface area (Å²) in [6.07, 6.45) is 3.62. The minimum Gasteiger partial charge on any atom is -0.465 e. The second kappa shape index (κ2) is 5.77. The van der Waals surface area contributed by atoms with E-state index in [0.717, 1.165) is 15.5 Å². The molecule has 1 saturated heterocycles. The van der Waals surface area contributed by atoms with E-state index in [9.17, 15) is 0 Å². The molecule has 1 fully saturated rings. The molecule has 6 nitrogen and oxygen atoms in total. The first kappa shape index (κ1) is 16.8. The van der Waals surface area contributed by atoms with Crippen molar-refractivity contribution in [3.63, 3.8) is 0 Å². The molecule has 1 aliphatic heterocycles. The molecule has 3 rings (SSSR count). The Kier molecular flexibility index (Phi) is 4.21. The highest BCUT2D eigenvalue weighted by molar-refractivity contribution is 9.10. The lowest BCUT2D eigenvalue weighted by molar-refractivity contribution is 0.00578. The standard InChI is InChI=1S/C15H20BBrN2O4/c1-14(2)15(3,4)23-16(22-14)11-7-18-19-8-10(17)6-12(13(11)19)21-9-20-5/h6-8H,9H2,1-5H3. The van der Waals surface area contributed by atoms with E-state index < -0.39 is 18.3 Å². The molecule has 0 N–H and O–H groups in total. The molecular weight excluding hydrogens is 363 g/mol. The first-order valence-electron chi connectivity index (χ1n) is 7.39. The quantitative estimate of drug-likeness (QED) is 0.600. The maximum atomic E-state index is 6.13. The number of fused-ring (bicyclic) bond motifs is 1. The molecule has 0 bridgehead atoms. The van der Waals surface area contributed by atoms with Crippen molar-refractivity contribution in [1.29, 1.82) is 0 Å². The van der Waals surface area contributed by atoms with Gasteiger partial charge in [-0.05, 0) is 49.7 Å². The molecule has 2 aromatic heterocycles. The van der Waals surface area contributed by atoms with E-state index in [-0.39, 0.29) is 6.79 Å². The largest absolute Gasteiger partial charge is 0.498 e. The predicted molar refractivity (Wildman–Crippen MR) is 91.1 cm³/mol. The molecular formula is C15H20BBrN2O4. The zero-order valence-corrected chi connectivity index (χ0v) is 15.5. The number of methoxy groups -OCH3 is 1. The van der Waals surface area contributed by atoms with Crippen LogP contribution in [0.4, 0.5) is 0 Å². The fourth-order valence-corrected chi connectivity index (χ4v) is 2.85. The molecule has 0 amide bonds. The number of nitrogens with zero attached hydrogens (tertiary/aromatic N) is 2. The van der Waals surface area contributed by atoms with Crippen molar-refractivity contribution < 1.29 is 18.8 Å². The molecule has 0 atom stereocenters. The molecule has 1 aliphatic rings. The molecule has 0 saturated carbocycles. The molecule has 0 aromatic carbocycles. The maximum Gasteiger partial charge on any atom is 0.498 e. The summed E-state index contributed by atoms with van der Waals surface area (Å²) in [6, 6.07) is 1.88. The normalized spacial score (nSPS) is 19.5. The average Bonchev–Trinajstić information content (AvgIpc) is 2.95. The van der Waals surface area contributed by atoms with Crippen molar-refractivity contribution in [2.45, 2.75) is 38.9 Å². The van der Waals surface area contributed by atoms with Crippen LogP contribution in [0.15, 0.2) is 22.9 Å². The summed E-state index contributed by atoms with van der Waals surface area (Å²) in [5, 5.41) is 4.39. The van der Waals surface area contributed by atoms with Crippen LogP contribution in [0, 0.1) is 0 Å². The maximum absolute atomic E-state index is 6.13. The summed E-state index contributed by atoms with van der Waals surface area (Å²) in [5.74, 6) is 0.656. The zero-order valence-electron chi connectivity index (χ0n) is 13.9. The third kappa shape index (κ3) is 2.89. The van der Waals surface area contributed by atoms with E-state index in [2.05, 4.69) is 21.0 Å². The summed E-state index contributed by atoms with van der Waals surface area (Å²) in [6.45, 7) is 8.25. The number of halogens is 1. The van der Waals surface area contributed by atoms with Crippen molar-refractivity contribution in [3.05, 3.63) is 22.9 Å². The minimum atomic E-state index is -0.497. The van der Waals surface area contributed by atoms with Crippen LogP contribution in [0.2, 0.25) is 0 Å². The van der Waals surface area contributed by atoms with Crippen molar-refractivity contribution >= 4 is 34.0 Å².